The maximum atomic E-state index is 12.1. The van der Waals surface area contributed by atoms with Gasteiger partial charge in [0, 0.05) is 6.42 Å². The standard InChI is InChI=1S/C14H18N2O2/c17-12-8-9-4-1-2-5-10(9)13(12)16-14(18)11-6-3-7-15-11/h1-2,4-5,11-13,15,17H,3,6-8H2,(H,16,18)/t11-,12+,13+/m0/s1. The van der Waals surface area contributed by atoms with Crippen LogP contribution >= 0.6 is 0 Å². The zero-order valence-corrected chi connectivity index (χ0v) is 10.2. The fourth-order valence-corrected chi connectivity index (χ4v) is 2.91. The average molecular weight is 246 g/mol. The van der Waals surface area contributed by atoms with E-state index < -0.39 is 6.10 Å². The van der Waals surface area contributed by atoms with Crippen molar-refractivity contribution >= 4 is 5.91 Å². The molecule has 1 amide bonds. The van der Waals surface area contributed by atoms with Gasteiger partial charge < -0.3 is 15.7 Å². The van der Waals surface area contributed by atoms with Crippen LogP contribution in [0.1, 0.15) is 30.0 Å². The number of benzene rings is 1. The van der Waals surface area contributed by atoms with Crippen LogP contribution in [0.4, 0.5) is 0 Å². The monoisotopic (exact) mass is 246 g/mol. The van der Waals surface area contributed by atoms with Gasteiger partial charge in [0.25, 0.3) is 0 Å². The molecule has 1 saturated heterocycles. The molecule has 1 aliphatic carbocycles. The van der Waals surface area contributed by atoms with Crippen LogP contribution in [0.2, 0.25) is 0 Å². The molecule has 4 nitrogen and oxygen atoms in total. The molecule has 0 unspecified atom stereocenters. The van der Waals surface area contributed by atoms with Crippen molar-refractivity contribution in [1.29, 1.82) is 0 Å². The van der Waals surface area contributed by atoms with Crippen LogP contribution in [0.25, 0.3) is 0 Å². The molecule has 0 aromatic heterocycles. The minimum atomic E-state index is -0.507. The molecular formula is C14H18N2O2. The summed E-state index contributed by atoms with van der Waals surface area (Å²) in [5.74, 6) is 0.00764. The Morgan fingerprint density at radius 1 is 1.39 bits per heavy atom. The number of fused-ring (bicyclic) bond motifs is 1. The molecule has 1 aromatic rings. The fraction of sp³-hybridized carbons (Fsp3) is 0.500. The Balaban J connectivity index is 1.74. The largest absolute Gasteiger partial charge is 0.390 e. The summed E-state index contributed by atoms with van der Waals surface area (Å²) in [6.07, 6.45) is 2.05. The van der Waals surface area contributed by atoms with E-state index in [1.165, 1.54) is 0 Å². The lowest BCUT2D eigenvalue weighted by molar-refractivity contribution is -0.124. The second-order valence-electron chi connectivity index (χ2n) is 5.11. The van der Waals surface area contributed by atoms with Crippen molar-refractivity contribution in [3.8, 4) is 0 Å². The minimum Gasteiger partial charge on any atom is -0.390 e. The van der Waals surface area contributed by atoms with Gasteiger partial charge in [-0.25, -0.2) is 0 Å². The van der Waals surface area contributed by atoms with Gasteiger partial charge in [0.2, 0.25) is 5.91 Å². The molecule has 3 rings (SSSR count). The molecule has 0 spiro atoms. The highest BCUT2D eigenvalue weighted by molar-refractivity contribution is 5.82. The van der Waals surface area contributed by atoms with Crippen molar-refractivity contribution < 1.29 is 9.90 Å². The maximum Gasteiger partial charge on any atom is 0.237 e. The van der Waals surface area contributed by atoms with Gasteiger partial charge in [-0.15, -0.1) is 0 Å². The zero-order valence-electron chi connectivity index (χ0n) is 10.2. The van der Waals surface area contributed by atoms with Gasteiger partial charge in [-0.1, -0.05) is 24.3 Å². The highest BCUT2D eigenvalue weighted by Gasteiger charge is 2.33. The summed E-state index contributed by atoms with van der Waals surface area (Å²) in [5.41, 5.74) is 2.19. The SMILES string of the molecule is O=C(N[C@@H]1c2ccccc2C[C@H]1O)[C@@H]1CCCN1. The molecule has 18 heavy (non-hydrogen) atoms. The summed E-state index contributed by atoms with van der Waals surface area (Å²) >= 11 is 0. The van der Waals surface area contributed by atoms with E-state index in [9.17, 15) is 9.90 Å². The lowest BCUT2D eigenvalue weighted by atomic mass is 10.1. The molecular weight excluding hydrogens is 228 g/mol. The number of hydrogen-bond donors (Lipinski definition) is 3. The third-order valence-corrected chi connectivity index (χ3v) is 3.88. The topological polar surface area (TPSA) is 61.4 Å². The molecule has 2 aliphatic rings. The number of aliphatic hydroxyl groups is 1. The molecule has 3 atom stereocenters. The van der Waals surface area contributed by atoms with Crippen LogP contribution in [0.15, 0.2) is 24.3 Å². The van der Waals surface area contributed by atoms with Crippen molar-refractivity contribution in [2.45, 2.75) is 37.5 Å². The Labute approximate surface area is 106 Å². The van der Waals surface area contributed by atoms with Crippen LogP contribution in [0.3, 0.4) is 0 Å². The minimum absolute atomic E-state index is 0.00764. The lowest BCUT2D eigenvalue weighted by Gasteiger charge is -2.20. The van der Waals surface area contributed by atoms with Crippen LogP contribution < -0.4 is 10.6 Å². The third kappa shape index (κ3) is 2.02. The first-order valence-corrected chi connectivity index (χ1v) is 6.55. The van der Waals surface area contributed by atoms with Crippen molar-refractivity contribution in [2.24, 2.45) is 0 Å². The number of hydrogen-bond acceptors (Lipinski definition) is 3. The smallest absolute Gasteiger partial charge is 0.237 e. The molecule has 1 fully saturated rings. The Bertz CT molecular complexity index is 455. The predicted octanol–water partition coefficient (Wildman–Crippen LogP) is 0.513. The van der Waals surface area contributed by atoms with Gasteiger partial charge in [0.1, 0.15) is 0 Å². The summed E-state index contributed by atoms with van der Waals surface area (Å²) in [4.78, 5) is 12.1. The molecule has 1 aliphatic heterocycles. The van der Waals surface area contributed by atoms with E-state index in [1.54, 1.807) is 0 Å². The number of carbonyl (C=O) groups excluding carboxylic acids is 1. The molecule has 96 valence electrons. The molecule has 4 heteroatoms. The summed E-state index contributed by atoms with van der Waals surface area (Å²) in [5, 5.41) is 16.2. The van der Waals surface area contributed by atoms with E-state index in [-0.39, 0.29) is 18.0 Å². The molecule has 1 heterocycles. The summed E-state index contributed by atoms with van der Waals surface area (Å²) in [6, 6.07) is 7.57. The van der Waals surface area contributed by atoms with Crippen molar-refractivity contribution in [3.05, 3.63) is 35.4 Å². The van der Waals surface area contributed by atoms with Crippen molar-refractivity contribution in [1.82, 2.24) is 10.6 Å². The predicted molar refractivity (Wildman–Crippen MR) is 68.1 cm³/mol. The van der Waals surface area contributed by atoms with Crippen LogP contribution in [-0.4, -0.2) is 29.7 Å². The number of aliphatic hydroxyl groups excluding tert-OH is 1. The highest BCUT2D eigenvalue weighted by atomic mass is 16.3. The Kier molecular flexibility index (Phi) is 3.06. The van der Waals surface area contributed by atoms with Gasteiger partial charge >= 0.3 is 0 Å². The fourth-order valence-electron chi connectivity index (χ4n) is 2.91. The highest BCUT2D eigenvalue weighted by Crippen LogP contribution is 2.31. The quantitative estimate of drug-likeness (QED) is 0.712. The molecule has 0 bridgehead atoms. The summed E-state index contributed by atoms with van der Waals surface area (Å²) in [6.45, 7) is 0.905. The number of amides is 1. The lowest BCUT2D eigenvalue weighted by Crippen LogP contribution is -2.44. The van der Waals surface area contributed by atoms with Crippen LogP contribution in [-0.2, 0) is 11.2 Å². The van der Waals surface area contributed by atoms with Gasteiger partial charge in [-0.3, -0.25) is 4.79 Å². The van der Waals surface area contributed by atoms with E-state index in [0.717, 1.165) is 30.5 Å². The summed E-state index contributed by atoms with van der Waals surface area (Å²) in [7, 11) is 0. The number of nitrogens with one attached hydrogen (secondary N) is 2. The van der Waals surface area contributed by atoms with Crippen molar-refractivity contribution in [2.75, 3.05) is 6.54 Å². The van der Waals surface area contributed by atoms with Crippen molar-refractivity contribution in [3.63, 3.8) is 0 Å². The average Bonchev–Trinajstić information content (AvgIpc) is 2.98. The zero-order chi connectivity index (χ0) is 12.5. The van der Waals surface area contributed by atoms with E-state index in [2.05, 4.69) is 10.6 Å². The van der Waals surface area contributed by atoms with E-state index in [4.69, 9.17) is 0 Å². The van der Waals surface area contributed by atoms with Crippen LogP contribution in [0, 0.1) is 0 Å². The second-order valence-corrected chi connectivity index (χ2v) is 5.11. The molecule has 0 radical (unpaired) electrons. The van der Waals surface area contributed by atoms with E-state index in [1.807, 2.05) is 24.3 Å². The Morgan fingerprint density at radius 3 is 3.00 bits per heavy atom. The molecule has 1 aromatic carbocycles. The van der Waals surface area contributed by atoms with Gasteiger partial charge in [0.05, 0.1) is 18.2 Å². The maximum absolute atomic E-state index is 12.1. The normalized spacial score (nSPS) is 30.2. The van der Waals surface area contributed by atoms with E-state index in [0.29, 0.717) is 6.42 Å². The molecule has 0 saturated carbocycles. The first kappa shape index (κ1) is 11.7. The Hall–Kier alpha value is -1.39. The number of carbonyl (C=O) groups is 1. The first-order valence-electron chi connectivity index (χ1n) is 6.55. The van der Waals surface area contributed by atoms with Gasteiger partial charge in [-0.05, 0) is 30.5 Å². The van der Waals surface area contributed by atoms with Gasteiger partial charge in [0.15, 0.2) is 0 Å². The first-order chi connectivity index (χ1) is 8.75. The van der Waals surface area contributed by atoms with Crippen LogP contribution in [0.5, 0.6) is 0 Å². The van der Waals surface area contributed by atoms with E-state index >= 15 is 0 Å². The molecule has 3 N–H and O–H groups in total. The Morgan fingerprint density at radius 2 is 2.22 bits per heavy atom. The second kappa shape index (κ2) is 4.71. The summed E-state index contributed by atoms with van der Waals surface area (Å²) < 4.78 is 0. The third-order valence-electron chi connectivity index (χ3n) is 3.88. The van der Waals surface area contributed by atoms with Gasteiger partial charge in [-0.2, -0.15) is 0 Å². The number of rotatable bonds is 2.